The van der Waals surface area contributed by atoms with Crippen LogP contribution in [0.4, 0.5) is 0 Å². The maximum Gasteiger partial charge on any atom is 0.216 e. The van der Waals surface area contributed by atoms with Crippen LogP contribution in [0.5, 0.6) is 5.88 Å². The van der Waals surface area contributed by atoms with Gasteiger partial charge in [-0.2, -0.15) is 5.10 Å². The molecule has 1 aromatic heterocycles. The molecule has 0 aliphatic heterocycles. The van der Waals surface area contributed by atoms with Gasteiger partial charge in [0.05, 0.1) is 24.4 Å². The van der Waals surface area contributed by atoms with E-state index in [0.717, 1.165) is 23.1 Å². The predicted molar refractivity (Wildman–Crippen MR) is 76.2 cm³/mol. The third kappa shape index (κ3) is 2.92. The molecule has 0 aromatic carbocycles. The smallest absolute Gasteiger partial charge is 0.216 e. The number of hydrogen-bond acceptors (Lipinski definition) is 4. The Morgan fingerprint density at radius 1 is 1.53 bits per heavy atom. The number of nitrogens with two attached hydrogens (primary N) is 1. The summed E-state index contributed by atoms with van der Waals surface area (Å²) in [5.74, 6) is 1.62. The molecule has 3 atom stereocenters. The predicted octanol–water partition coefficient (Wildman–Crippen LogP) is 1.52. The molecule has 1 saturated carbocycles. The number of aryl methyl sites for hydroxylation is 2. The van der Waals surface area contributed by atoms with E-state index in [1.807, 2.05) is 14.0 Å². The molecule has 3 N–H and O–H groups in total. The summed E-state index contributed by atoms with van der Waals surface area (Å²) in [6, 6.07) is 0.687. The van der Waals surface area contributed by atoms with Gasteiger partial charge >= 0.3 is 0 Å². The van der Waals surface area contributed by atoms with E-state index in [1.54, 1.807) is 11.8 Å². The lowest BCUT2D eigenvalue weighted by atomic mass is 10.1. The first-order chi connectivity index (χ1) is 9.06. The van der Waals surface area contributed by atoms with E-state index in [9.17, 15) is 0 Å². The highest BCUT2D eigenvalue weighted by molar-refractivity contribution is 5.34. The number of hydrogen-bond donors (Lipinski definition) is 2. The van der Waals surface area contributed by atoms with Gasteiger partial charge in [-0.3, -0.25) is 0 Å². The Kier molecular flexibility index (Phi) is 4.47. The molecule has 5 nitrogen and oxygen atoms in total. The molecule has 1 heterocycles. The molecule has 1 aliphatic carbocycles. The van der Waals surface area contributed by atoms with E-state index >= 15 is 0 Å². The van der Waals surface area contributed by atoms with Crippen molar-refractivity contribution in [3.8, 4) is 5.88 Å². The van der Waals surface area contributed by atoms with Crippen LogP contribution in [0.3, 0.4) is 0 Å². The molecular weight excluding hydrogens is 240 g/mol. The second-order valence-electron chi connectivity index (χ2n) is 5.70. The highest BCUT2D eigenvalue weighted by atomic mass is 16.5. The zero-order valence-electron chi connectivity index (χ0n) is 12.4. The first kappa shape index (κ1) is 14.3. The average molecular weight is 266 g/mol. The van der Waals surface area contributed by atoms with Gasteiger partial charge in [0.15, 0.2) is 0 Å². The van der Waals surface area contributed by atoms with Crippen LogP contribution in [0.25, 0.3) is 0 Å². The summed E-state index contributed by atoms with van der Waals surface area (Å²) in [6.07, 6.45) is 3.77. The van der Waals surface area contributed by atoms with Gasteiger partial charge in [0.25, 0.3) is 0 Å². The van der Waals surface area contributed by atoms with Crippen molar-refractivity contribution in [2.75, 3.05) is 13.7 Å². The fourth-order valence-electron chi connectivity index (χ4n) is 3.21. The number of rotatable bonds is 5. The van der Waals surface area contributed by atoms with Gasteiger partial charge in [0.1, 0.15) is 0 Å². The number of methoxy groups -OCH3 is 1. The Balaban J connectivity index is 2.17. The Hall–Kier alpha value is -1.07. The van der Waals surface area contributed by atoms with Crippen LogP contribution in [-0.4, -0.2) is 29.5 Å². The molecular formula is C14H26N4O. The summed E-state index contributed by atoms with van der Waals surface area (Å²) in [6.45, 7) is 4.89. The largest absolute Gasteiger partial charge is 0.481 e. The molecule has 0 amide bonds. The van der Waals surface area contributed by atoms with Crippen molar-refractivity contribution in [2.45, 2.75) is 45.2 Å². The van der Waals surface area contributed by atoms with Crippen LogP contribution in [0.1, 0.15) is 43.5 Å². The zero-order chi connectivity index (χ0) is 14.0. The molecule has 108 valence electrons. The molecule has 1 aromatic rings. The first-order valence-electron chi connectivity index (χ1n) is 7.10. The van der Waals surface area contributed by atoms with Crippen LogP contribution in [0.15, 0.2) is 0 Å². The number of ether oxygens (including phenoxy) is 1. The SMILES string of the molecule is COc1c(C(CN)NC2CCC(C)C2)c(C)nn1C. The van der Waals surface area contributed by atoms with Crippen molar-refractivity contribution in [3.63, 3.8) is 0 Å². The molecule has 1 fully saturated rings. The van der Waals surface area contributed by atoms with Crippen molar-refractivity contribution >= 4 is 0 Å². The topological polar surface area (TPSA) is 65.1 Å². The second kappa shape index (κ2) is 5.92. The van der Waals surface area contributed by atoms with Crippen LogP contribution < -0.4 is 15.8 Å². The van der Waals surface area contributed by atoms with E-state index < -0.39 is 0 Å². The van der Waals surface area contributed by atoms with Gasteiger partial charge in [0.2, 0.25) is 5.88 Å². The lowest BCUT2D eigenvalue weighted by molar-refractivity contribution is 0.356. The highest BCUT2D eigenvalue weighted by Gasteiger charge is 2.27. The van der Waals surface area contributed by atoms with Crippen LogP contribution in [0.2, 0.25) is 0 Å². The van der Waals surface area contributed by atoms with Crippen LogP contribution in [0, 0.1) is 12.8 Å². The Labute approximate surface area is 115 Å². The number of aromatic nitrogens is 2. The molecule has 0 bridgehead atoms. The fourth-order valence-corrected chi connectivity index (χ4v) is 3.21. The van der Waals surface area contributed by atoms with E-state index in [2.05, 4.69) is 17.3 Å². The average Bonchev–Trinajstić information content (AvgIpc) is 2.89. The maximum atomic E-state index is 5.96. The van der Waals surface area contributed by atoms with Crippen molar-refractivity contribution in [3.05, 3.63) is 11.3 Å². The Bertz CT molecular complexity index is 429. The Morgan fingerprint density at radius 2 is 2.26 bits per heavy atom. The maximum absolute atomic E-state index is 5.96. The lowest BCUT2D eigenvalue weighted by Crippen LogP contribution is -2.35. The van der Waals surface area contributed by atoms with Gasteiger partial charge in [-0.25, -0.2) is 4.68 Å². The summed E-state index contributed by atoms with van der Waals surface area (Å²) in [5.41, 5.74) is 8.06. The van der Waals surface area contributed by atoms with Gasteiger partial charge in [0, 0.05) is 19.6 Å². The normalized spacial score (nSPS) is 24.7. The minimum atomic E-state index is 0.124. The lowest BCUT2D eigenvalue weighted by Gasteiger charge is -2.22. The molecule has 5 heteroatoms. The third-order valence-corrected chi connectivity index (χ3v) is 4.12. The van der Waals surface area contributed by atoms with Crippen LogP contribution in [-0.2, 0) is 7.05 Å². The minimum Gasteiger partial charge on any atom is -0.481 e. The summed E-state index contributed by atoms with van der Waals surface area (Å²) in [7, 11) is 3.59. The molecule has 1 aliphatic rings. The molecule has 19 heavy (non-hydrogen) atoms. The van der Waals surface area contributed by atoms with Crippen molar-refractivity contribution in [1.29, 1.82) is 0 Å². The molecule has 0 saturated heterocycles. The van der Waals surface area contributed by atoms with Gasteiger partial charge in [-0.1, -0.05) is 6.92 Å². The Morgan fingerprint density at radius 3 is 2.79 bits per heavy atom. The number of nitrogens with one attached hydrogen (secondary N) is 1. The van der Waals surface area contributed by atoms with E-state index in [0.29, 0.717) is 12.6 Å². The van der Waals surface area contributed by atoms with E-state index in [4.69, 9.17) is 10.5 Å². The highest BCUT2D eigenvalue weighted by Crippen LogP contribution is 2.31. The van der Waals surface area contributed by atoms with Gasteiger partial charge in [-0.15, -0.1) is 0 Å². The number of nitrogens with zero attached hydrogens (tertiary/aromatic N) is 2. The molecule has 3 unspecified atom stereocenters. The molecule has 0 spiro atoms. The first-order valence-corrected chi connectivity index (χ1v) is 7.10. The summed E-state index contributed by atoms with van der Waals surface area (Å²) in [4.78, 5) is 0. The van der Waals surface area contributed by atoms with E-state index in [-0.39, 0.29) is 6.04 Å². The summed E-state index contributed by atoms with van der Waals surface area (Å²) >= 11 is 0. The fraction of sp³-hybridized carbons (Fsp3) is 0.786. The van der Waals surface area contributed by atoms with Crippen LogP contribution >= 0.6 is 0 Å². The summed E-state index contributed by atoms with van der Waals surface area (Å²) in [5, 5.41) is 8.12. The standard InChI is InChI=1S/C14H26N4O/c1-9-5-6-11(7-9)16-12(8-15)13-10(2)17-18(3)14(13)19-4/h9,11-12,16H,5-8,15H2,1-4H3. The minimum absolute atomic E-state index is 0.124. The van der Waals surface area contributed by atoms with Gasteiger partial charge < -0.3 is 15.8 Å². The monoisotopic (exact) mass is 266 g/mol. The van der Waals surface area contributed by atoms with Crippen molar-refractivity contribution in [2.24, 2.45) is 18.7 Å². The summed E-state index contributed by atoms with van der Waals surface area (Å²) < 4.78 is 7.25. The van der Waals surface area contributed by atoms with Crippen molar-refractivity contribution < 1.29 is 4.74 Å². The van der Waals surface area contributed by atoms with Gasteiger partial charge in [-0.05, 0) is 32.1 Å². The van der Waals surface area contributed by atoms with E-state index in [1.165, 1.54) is 19.3 Å². The molecule has 2 rings (SSSR count). The molecule has 0 radical (unpaired) electrons. The zero-order valence-corrected chi connectivity index (χ0v) is 12.4. The van der Waals surface area contributed by atoms with Crippen molar-refractivity contribution in [1.82, 2.24) is 15.1 Å². The second-order valence-corrected chi connectivity index (χ2v) is 5.70. The third-order valence-electron chi connectivity index (χ3n) is 4.12. The quantitative estimate of drug-likeness (QED) is 0.848.